The van der Waals surface area contributed by atoms with Crippen LogP contribution in [0.25, 0.3) is 10.8 Å². The van der Waals surface area contributed by atoms with Gasteiger partial charge in [0, 0.05) is 23.1 Å². The monoisotopic (exact) mass is 362 g/mol. The zero-order valence-corrected chi connectivity index (χ0v) is 15.2. The van der Waals surface area contributed by atoms with E-state index in [0.717, 1.165) is 29.5 Å². The minimum atomic E-state index is -0.408. The first kappa shape index (κ1) is 17.5. The Morgan fingerprint density at radius 3 is 2.33 bits per heavy atom. The first-order valence-corrected chi connectivity index (χ1v) is 9.47. The number of hydrogen-bond acceptors (Lipinski definition) is 3. The fraction of sp³-hybridized carbons (Fsp3) is 0.318. The number of nitrogens with zero attached hydrogens (tertiary/aromatic N) is 1. The van der Waals surface area contributed by atoms with Gasteiger partial charge in [0.2, 0.25) is 5.91 Å². The first-order valence-electron chi connectivity index (χ1n) is 9.47. The minimum absolute atomic E-state index is 0.249. The van der Waals surface area contributed by atoms with E-state index >= 15 is 0 Å². The smallest absolute Gasteiger partial charge is 0.261 e. The molecule has 0 atom stereocenters. The molecular weight excluding hydrogens is 340 g/mol. The van der Waals surface area contributed by atoms with Crippen LogP contribution in [-0.2, 0) is 4.79 Å². The van der Waals surface area contributed by atoms with Crippen molar-refractivity contribution >= 4 is 28.5 Å². The number of carbonyl (C=O) groups excluding carboxylic acids is 3. The van der Waals surface area contributed by atoms with Crippen LogP contribution < -0.4 is 5.32 Å². The Kier molecular flexibility index (Phi) is 4.75. The van der Waals surface area contributed by atoms with Crippen molar-refractivity contribution in [3.8, 4) is 0 Å². The van der Waals surface area contributed by atoms with Gasteiger partial charge < -0.3 is 5.32 Å². The third-order valence-electron chi connectivity index (χ3n) is 5.31. The molecule has 27 heavy (non-hydrogen) atoms. The lowest BCUT2D eigenvalue weighted by Crippen LogP contribution is -2.46. The van der Waals surface area contributed by atoms with E-state index in [0.29, 0.717) is 23.1 Å². The topological polar surface area (TPSA) is 66.5 Å². The standard InChI is InChI=1S/C22H22N2O3/c25-19(23-13-12-15-6-2-1-3-7-15)14-24-21(26)17-10-4-8-16-9-5-11-18(20(16)17)22(24)27/h4-6,8-11H,1-3,7,12-14H2,(H,23,25). The van der Waals surface area contributed by atoms with E-state index in [2.05, 4.69) is 11.4 Å². The van der Waals surface area contributed by atoms with Crippen LogP contribution in [0.3, 0.4) is 0 Å². The van der Waals surface area contributed by atoms with E-state index in [1.807, 2.05) is 12.1 Å². The number of rotatable bonds is 5. The molecule has 0 saturated heterocycles. The normalized spacial score (nSPS) is 16.4. The maximum Gasteiger partial charge on any atom is 0.261 e. The largest absolute Gasteiger partial charge is 0.354 e. The van der Waals surface area contributed by atoms with Gasteiger partial charge in [-0.2, -0.15) is 0 Å². The van der Waals surface area contributed by atoms with Gasteiger partial charge in [-0.15, -0.1) is 0 Å². The summed E-state index contributed by atoms with van der Waals surface area (Å²) in [7, 11) is 0. The molecule has 0 aromatic heterocycles. The van der Waals surface area contributed by atoms with Gasteiger partial charge in [-0.1, -0.05) is 35.9 Å². The maximum atomic E-state index is 12.8. The molecule has 1 aliphatic carbocycles. The van der Waals surface area contributed by atoms with Gasteiger partial charge in [-0.3, -0.25) is 19.3 Å². The molecule has 2 aliphatic rings. The predicted molar refractivity (Wildman–Crippen MR) is 103 cm³/mol. The highest BCUT2D eigenvalue weighted by Crippen LogP contribution is 2.29. The van der Waals surface area contributed by atoms with E-state index in [9.17, 15) is 14.4 Å². The van der Waals surface area contributed by atoms with Gasteiger partial charge in [-0.05, 0) is 49.6 Å². The van der Waals surface area contributed by atoms with E-state index in [-0.39, 0.29) is 12.5 Å². The van der Waals surface area contributed by atoms with Crippen molar-refractivity contribution < 1.29 is 14.4 Å². The second-order valence-electron chi connectivity index (χ2n) is 7.11. The van der Waals surface area contributed by atoms with Crippen LogP contribution in [0.15, 0.2) is 48.0 Å². The Bertz CT molecular complexity index is 910. The molecule has 0 fully saturated rings. The molecule has 0 bridgehead atoms. The summed E-state index contributed by atoms with van der Waals surface area (Å²) in [5.41, 5.74) is 2.33. The number of nitrogens with one attached hydrogen (secondary N) is 1. The minimum Gasteiger partial charge on any atom is -0.354 e. The van der Waals surface area contributed by atoms with Crippen LogP contribution in [0.4, 0.5) is 0 Å². The fourth-order valence-corrected chi connectivity index (χ4v) is 3.92. The van der Waals surface area contributed by atoms with Crippen molar-refractivity contribution in [2.24, 2.45) is 0 Å². The van der Waals surface area contributed by atoms with Gasteiger partial charge in [0.05, 0.1) is 0 Å². The van der Waals surface area contributed by atoms with E-state index in [1.165, 1.54) is 18.4 Å². The zero-order chi connectivity index (χ0) is 18.8. The maximum absolute atomic E-state index is 12.8. The average molecular weight is 362 g/mol. The summed E-state index contributed by atoms with van der Waals surface area (Å²) in [5, 5.41) is 4.38. The van der Waals surface area contributed by atoms with Crippen LogP contribution >= 0.6 is 0 Å². The van der Waals surface area contributed by atoms with Gasteiger partial charge in [-0.25, -0.2) is 0 Å². The lowest BCUT2D eigenvalue weighted by atomic mass is 9.94. The number of benzene rings is 2. The molecule has 4 rings (SSSR count). The highest BCUT2D eigenvalue weighted by Gasteiger charge is 2.33. The Morgan fingerprint density at radius 2 is 1.70 bits per heavy atom. The summed E-state index contributed by atoms with van der Waals surface area (Å²) < 4.78 is 0. The summed E-state index contributed by atoms with van der Waals surface area (Å²) in [6.45, 7) is 0.286. The van der Waals surface area contributed by atoms with E-state index in [1.54, 1.807) is 24.3 Å². The lowest BCUT2D eigenvalue weighted by molar-refractivity contribution is -0.121. The Morgan fingerprint density at radius 1 is 1.00 bits per heavy atom. The Labute approximate surface area is 158 Å². The second kappa shape index (κ2) is 7.35. The van der Waals surface area contributed by atoms with Gasteiger partial charge in [0.25, 0.3) is 11.8 Å². The zero-order valence-electron chi connectivity index (χ0n) is 15.2. The molecule has 5 nitrogen and oxygen atoms in total. The molecule has 138 valence electrons. The average Bonchev–Trinajstić information content (AvgIpc) is 2.70. The first-order chi connectivity index (χ1) is 13.1. The highest BCUT2D eigenvalue weighted by atomic mass is 16.2. The van der Waals surface area contributed by atoms with Crippen molar-refractivity contribution in [2.75, 3.05) is 13.1 Å². The van der Waals surface area contributed by atoms with Crippen LogP contribution in [0.1, 0.15) is 52.8 Å². The van der Waals surface area contributed by atoms with Gasteiger partial charge in [0.15, 0.2) is 0 Å². The van der Waals surface area contributed by atoms with E-state index in [4.69, 9.17) is 0 Å². The number of amides is 3. The van der Waals surface area contributed by atoms with Crippen LogP contribution in [0.2, 0.25) is 0 Å². The summed E-state index contributed by atoms with van der Waals surface area (Å²) in [6, 6.07) is 10.8. The Balaban J connectivity index is 1.45. The van der Waals surface area contributed by atoms with Crippen LogP contribution in [0.5, 0.6) is 0 Å². The number of allylic oxidation sites excluding steroid dienone is 1. The fourth-order valence-electron chi connectivity index (χ4n) is 3.92. The van der Waals surface area contributed by atoms with Gasteiger partial charge in [0.1, 0.15) is 6.54 Å². The molecule has 0 saturated carbocycles. The number of imide groups is 1. The third kappa shape index (κ3) is 3.37. The SMILES string of the molecule is O=C(CN1C(=O)c2cccc3cccc(c23)C1=O)NCCC1=CCCCC1. The summed E-state index contributed by atoms with van der Waals surface area (Å²) in [6.07, 6.45) is 7.75. The van der Waals surface area contributed by atoms with E-state index < -0.39 is 11.8 Å². The lowest BCUT2D eigenvalue weighted by Gasteiger charge is -2.26. The summed E-state index contributed by atoms with van der Waals surface area (Å²) in [4.78, 5) is 38.9. The molecule has 1 aliphatic heterocycles. The van der Waals surface area contributed by atoms with Crippen molar-refractivity contribution in [3.63, 3.8) is 0 Å². The van der Waals surface area contributed by atoms with Crippen molar-refractivity contribution in [2.45, 2.75) is 32.1 Å². The second-order valence-corrected chi connectivity index (χ2v) is 7.11. The predicted octanol–water partition coefficient (Wildman–Crippen LogP) is 3.44. The summed E-state index contributed by atoms with van der Waals surface area (Å²) in [5.74, 6) is -1.12. The molecular formula is C22H22N2O3. The molecule has 2 aromatic rings. The number of carbonyl (C=O) groups is 3. The van der Waals surface area contributed by atoms with Crippen LogP contribution in [-0.4, -0.2) is 35.7 Å². The molecule has 0 spiro atoms. The molecule has 1 N–H and O–H groups in total. The third-order valence-corrected chi connectivity index (χ3v) is 5.31. The van der Waals surface area contributed by atoms with Crippen LogP contribution in [0, 0.1) is 0 Å². The molecule has 0 radical (unpaired) electrons. The summed E-state index contributed by atoms with van der Waals surface area (Å²) >= 11 is 0. The molecule has 1 heterocycles. The Hall–Kier alpha value is -2.95. The highest BCUT2D eigenvalue weighted by molar-refractivity contribution is 6.26. The van der Waals surface area contributed by atoms with Gasteiger partial charge >= 0.3 is 0 Å². The molecule has 0 unspecified atom stereocenters. The molecule has 2 aromatic carbocycles. The van der Waals surface area contributed by atoms with Crippen molar-refractivity contribution in [1.29, 1.82) is 0 Å². The quantitative estimate of drug-likeness (QED) is 0.654. The van der Waals surface area contributed by atoms with Crippen molar-refractivity contribution in [1.82, 2.24) is 10.2 Å². The molecule has 5 heteroatoms. The van der Waals surface area contributed by atoms with Crippen molar-refractivity contribution in [3.05, 3.63) is 59.2 Å². The number of hydrogen-bond donors (Lipinski definition) is 1. The molecule has 3 amide bonds.